The van der Waals surface area contributed by atoms with Gasteiger partial charge in [-0.2, -0.15) is 0 Å². The van der Waals surface area contributed by atoms with Crippen molar-refractivity contribution in [3.63, 3.8) is 0 Å². The van der Waals surface area contributed by atoms with Gasteiger partial charge in [0.15, 0.2) is 0 Å². The van der Waals surface area contributed by atoms with Gasteiger partial charge >= 0.3 is 30.4 Å². The second-order valence-corrected chi connectivity index (χ2v) is 7.90. The van der Waals surface area contributed by atoms with Crippen LogP contribution < -0.4 is 16.6 Å². The van der Waals surface area contributed by atoms with Crippen LogP contribution in [0.15, 0.2) is 69.0 Å². The van der Waals surface area contributed by atoms with E-state index < -0.39 is 22.9 Å². The number of rotatable bonds is 9. The van der Waals surface area contributed by atoms with Gasteiger partial charge in [0.05, 0.1) is 25.7 Å². The van der Waals surface area contributed by atoms with E-state index in [9.17, 15) is 18.4 Å². The number of hydrogen-bond acceptors (Lipinski definition) is 6. The van der Waals surface area contributed by atoms with Crippen molar-refractivity contribution >= 4 is 26.2 Å². The van der Waals surface area contributed by atoms with Gasteiger partial charge in [-0.3, -0.25) is 13.9 Å². The van der Waals surface area contributed by atoms with Gasteiger partial charge in [0, 0.05) is 11.3 Å². The van der Waals surface area contributed by atoms with Gasteiger partial charge in [-0.25, -0.2) is 13.6 Å². The molecule has 3 aromatic rings. The van der Waals surface area contributed by atoms with E-state index in [4.69, 9.17) is 4.74 Å². The molecule has 0 fully saturated rings. The minimum absolute atomic E-state index is 0.00458. The van der Waals surface area contributed by atoms with E-state index in [1.54, 1.807) is 14.0 Å². The SMILES string of the molecule is C=C(OCC)c1c(C)n(Cc2c(F)cccc2F)c(=O)n(C[C@H](NC)c2ccccc2)c1=O.[B]=NS. The van der Waals surface area contributed by atoms with Crippen LogP contribution in [-0.2, 0) is 17.8 Å². The summed E-state index contributed by atoms with van der Waals surface area (Å²) >= 11 is 3.19. The molecule has 0 saturated heterocycles. The molecule has 0 aliphatic heterocycles. The number of benzene rings is 2. The van der Waals surface area contributed by atoms with Crippen LogP contribution in [0, 0.1) is 18.6 Å². The number of hydrogen-bond donors (Lipinski definition) is 2. The van der Waals surface area contributed by atoms with Gasteiger partial charge in [0.2, 0.25) is 0 Å². The molecule has 1 heterocycles. The molecule has 1 aromatic heterocycles. The van der Waals surface area contributed by atoms with Crippen LogP contribution in [-0.4, -0.2) is 30.4 Å². The number of thiol groups is 1. The number of halogens is 2. The zero-order valence-corrected chi connectivity index (χ0v) is 21.3. The Morgan fingerprint density at radius 1 is 1.14 bits per heavy atom. The molecular weight excluding hydrogens is 485 g/mol. The first-order valence-electron chi connectivity index (χ1n) is 11.1. The van der Waals surface area contributed by atoms with Crippen molar-refractivity contribution < 1.29 is 13.5 Å². The predicted molar refractivity (Wildman–Crippen MR) is 141 cm³/mol. The maximum absolute atomic E-state index is 14.4. The van der Waals surface area contributed by atoms with E-state index in [0.717, 1.165) is 22.3 Å². The van der Waals surface area contributed by atoms with Crippen LogP contribution in [0.4, 0.5) is 8.78 Å². The van der Waals surface area contributed by atoms with Gasteiger partial charge in [-0.05, 0) is 38.6 Å². The van der Waals surface area contributed by atoms with Gasteiger partial charge in [0.1, 0.15) is 23.0 Å². The third-order valence-corrected chi connectivity index (χ3v) is 5.58. The maximum atomic E-state index is 14.4. The van der Waals surface area contributed by atoms with Crippen molar-refractivity contribution in [2.24, 2.45) is 4.30 Å². The molecule has 1 radical (unpaired) electrons. The zero-order chi connectivity index (χ0) is 26.8. The fourth-order valence-corrected chi connectivity index (χ4v) is 3.79. The summed E-state index contributed by atoms with van der Waals surface area (Å²) in [6.45, 7) is 7.01. The number of nitrogens with zero attached hydrogens (tertiary/aromatic N) is 3. The molecule has 3 rings (SSSR count). The number of nitrogens with one attached hydrogen (secondary N) is 1. The summed E-state index contributed by atoms with van der Waals surface area (Å²) in [5.74, 6) is -1.46. The standard InChI is InChI=1S/C25H27F2N3O3.BHNS/c1-5-33-17(3)23-16(2)29(14-19-20(26)12-9-13-21(19)27)25(32)30(24(23)31)15-22(28-4)18-10-7-6-8-11-18;1-2-3/h6-13,22,28H,3,5,14-15H2,1-2,4H3;3H/t22-;/m0./s1. The van der Waals surface area contributed by atoms with Gasteiger partial charge in [-0.15, -0.1) is 0 Å². The average molecular weight is 513 g/mol. The van der Waals surface area contributed by atoms with Crippen LogP contribution >= 0.6 is 12.8 Å². The van der Waals surface area contributed by atoms with Crippen LogP contribution in [0.3, 0.4) is 0 Å². The number of aromatic nitrogens is 2. The summed E-state index contributed by atoms with van der Waals surface area (Å²) < 4.78 is 39.1. The fraction of sp³-hybridized carbons (Fsp3) is 0.280. The third kappa shape index (κ3) is 6.67. The van der Waals surface area contributed by atoms with E-state index in [-0.39, 0.29) is 48.3 Å². The summed E-state index contributed by atoms with van der Waals surface area (Å²) in [7, 11) is 6.06. The first-order valence-corrected chi connectivity index (χ1v) is 11.5. The molecule has 0 aliphatic rings. The van der Waals surface area contributed by atoms with Crippen molar-refractivity contribution in [3.05, 3.63) is 110 Å². The molecule has 1 atom stereocenters. The fourth-order valence-electron chi connectivity index (χ4n) is 3.79. The molecule has 2 aromatic carbocycles. The van der Waals surface area contributed by atoms with Crippen LogP contribution in [0.25, 0.3) is 5.76 Å². The monoisotopic (exact) mass is 513 g/mol. The summed E-state index contributed by atoms with van der Waals surface area (Å²) in [6, 6.07) is 12.5. The molecule has 7 nitrogen and oxygen atoms in total. The molecule has 0 saturated carbocycles. The zero-order valence-electron chi connectivity index (χ0n) is 20.4. The summed E-state index contributed by atoms with van der Waals surface area (Å²) in [4.78, 5) is 26.8. The molecule has 11 heteroatoms. The van der Waals surface area contributed by atoms with E-state index in [0.29, 0.717) is 0 Å². The van der Waals surface area contributed by atoms with Crippen molar-refractivity contribution in [2.45, 2.75) is 33.0 Å². The Kier molecular flexibility index (Phi) is 11.0. The average Bonchev–Trinajstić information content (AvgIpc) is 2.85. The second kappa shape index (κ2) is 13.7. The Labute approximate surface area is 215 Å². The number of ether oxygens (including phenoxy) is 1. The Morgan fingerprint density at radius 3 is 2.25 bits per heavy atom. The van der Waals surface area contributed by atoms with Crippen molar-refractivity contribution in [2.75, 3.05) is 13.7 Å². The van der Waals surface area contributed by atoms with Crippen molar-refractivity contribution in [3.8, 4) is 0 Å². The van der Waals surface area contributed by atoms with Gasteiger partial charge < -0.3 is 10.1 Å². The molecule has 0 bridgehead atoms. The first-order chi connectivity index (χ1) is 17.2. The molecule has 1 N–H and O–H groups in total. The normalized spacial score (nSPS) is 11.2. The molecule has 36 heavy (non-hydrogen) atoms. The molecule has 0 spiro atoms. The number of likely N-dealkylation sites (N-methyl/N-ethyl adjacent to an activating group) is 1. The molecular formula is C25H28BF2N4O3S. The molecule has 0 amide bonds. The Balaban J connectivity index is 0.00000145. The van der Waals surface area contributed by atoms with E-state index >= 15 is 0 Å². The van der Waals surface area contributed by atoms with Crippen LogP contribution in [0.1, 0.15) is 35.3 Å². The van der Waals surface area contributed by atoms with Crippen LogP contribution in [0.2, 0.25) is 0 Å². The summed E-state index contributed by atoms with van der Waals surface area (Å²) in [5.41, 5.74) is -0.321. The topological polar surface area (TPSA) is 77.6 Å². The van der Waals surface area contributed by atoms with E-state index in [1.807, 2.05) is 30.3 Å². The molecule has 189 valence electrons. The van der Waals surface area contributed by atoms with Crippen LogP contribution in [0.5, 0.6) is 0 Å². The molecule has 0 aliphatic carbocycles. The Bertz CT molecular complexity index is 1310. The van der Waals surface area contributed by atoms with Crippen molar-refractivity contribution in [1.82, 2.24) is 14.5 Å². The predicted octanol–water partition coefficient (Wildman–Crippen LogP) is 3.80. The van der Waals surface area contributed by atoms with Gasteiger partial charge in [-0.1, -0.05) is 43.0 Å². The molecule has 0 unspecified atom stereocenters. The van der Waals surface area contributed by atoms with E-state index in [1.165, 1.54) is 17.6 Å². The first kappa shape index (κ1) is 28.9. The minimum atomic E-state index is -0.776. The Morgan fingerprint density at radius 2 is 1.72 bits per heavy atom. The van der Waals surface area contributed by atoms with E-state index in [2.05, 4.69) is 36.6 Å². The second-order valence-electron chi connectivity index (χ2n) is 7.67. The van der Waals surface area contributed by atoms with Crippen molar-refractivity contribution in [1.29, 1.82) is 0 Å². The third-order valence-electron chi connectivity index (χ3n) is 5.58. The Hall–Kier alpha value is -3.31. The summed E-state index contributed by atoms with van der Waals surface area (Å²) in [5, 5.41) is 3.12. The summed E-state index contributed by atoms with van der Waals surface area (Å²) in [6.07, 6.45) is 0. The van der Waals surface area contributed by atoms with Gasteiger partial charge in [0.25, 0.3) is 5.56 Å². The quantitative estimate of drug-likeness (QED) is 0.259.